The minimum Gasteiger partial charge on any atom is -0.322 e. The molecule has 98 valence electrons. The summed E-state index contributed by atoms with van der Waals surface area (Å²) in [6.07, 6.45) is 3.29. The largest absolute Gasteiger partial charge is 0.322 e. The number of nitrogens with one attached hydrogen (secondary N) is 1. The SMILES string of the molecule is Cl.Cl.N[C@@H]1c2c(F)cnn2CC12CCNCC2. The Kier molecular flexibility index (Phi) is 4.41. The summed E-state index contributed by atoms with van der Waals surface area (Å²) in [5.74, 6) is -0.252. The van der Waals surface area contributed by atoms with Crippen LogP contribution in [0.25, 0.3) is 0 Å². The van der Waals surface area contributed by atoms with Crippen LogP contribution in [0.4, 0.5) is 4.39 Å². The van der Waals surface area contributed by atoms with Crippen LogP contribution in [0.3, 0.4) is 0 Å². The van der Waals surface area contributed by atoms with E-state index in [-0.39, 0.29) is 42.1 Å². The molecule has 0 radical (unpaired) electrons. The van der Waals surface area contributed by atoms with E-state index in [1.807, 2.05) is 0 Å². The summed E-state index contributed by atoms with van der Waals surface area (Å²) in [6, 6.07) is -0.193. The third kappa shape index (κ3) is 2.05. The number of rotatable bonds is 0. The average molecular weight is 283 g/mol. The summed E-state index contributed by atoms with van der Waals surface area (Å²) >= 11 is 0. The molecule has 1 saturated heterocycles. The maximum absolute atomic E-state index is 13.5. The quantitative estimate of drug-likeness (QED) is 0.753. The first kappa shape index (κ1) is 14.7. The summed E-state index contributed by atoms with van der Waals surface area (Å²) in [5.41, 5.74) is 6.80. The molecule has 0 aliphatic carbocycles. The van der Waals surface area contributed by atoms with Crippen molar-refractivity contribution in [3.8, 4) is 0 Å². The lowest BCUT2D eigenvalue weighted by atomic mass is 9.74. The van der Waals surface area contributed by atoms with Gasteiger partial charge in [0.25, 0.3) is 0 Å². The van der Waals surface area contributed by atoms with Crippen LogP contribution in [0.1, 0.15) is 24.6 Å². The molecule has 17 heavy (non-hydrogen) atoms. The Labute approximate surface area is 112 Å². The first-order chi connectivity index (χ1) is 7.23. The van der Waals surface area contributed by atoms with Crippen LogP contribution in [0.15, 0.2) is 6.20 Å². The summed E-state index contributed by atoms with van der Waals surface area (Å²) in [6.45, 7) is 2.72. The van der Waals surface area contributed by atoms with Crippen molar-refractivity contribution >= 4 is 24.8 Å². The molecule has 7 heteroatoms. The molecule has 0 amide bonds. The molecule has 1 spiro atoms. The fraction of sp³-hybridized carbons (Fsp3) is 0.700. The first-order valence-corrected chi connectivity index (χ1v) is 5.40. The van der Waals surface area contributed by atoms with Gasteiger partial charge < -0.3 is 11.1 Å². The van der Waals surface area contributed by atoms with Crippen LogP contribution in [0.2, 0.25) is 0 Å². The average Bonchev–Trinajstić information content (AvgIpc) is 2.71. The lowest BCUT2D eigenvalue weighted by Gasteiger charge is -2.36. The van der Waals surface area contributed by atoms with Gasteiger partial charge in [-0.25, -0.2) is 4.39 Å². The molecule has 2 aliphatic heterocycles. The van der Waals surface area contributed by atoms with Crippen LogP contribution in [0.5, 0.6) is 0 Å². The van der Waals surface area contributed by atoms with E-state index in [4.69, 9.17) is 5.73 Å². The van der Waals surface area contributed by atoms with Gasteiger partial charge in [0.05, 0.1) is 17.9 Å². The van der Waals surface area contributed by atoms with Crippen molar-refractivity contribution in [1.82, 2.24) is 15.1 Å². The van der Waals surface area contributed by atoms with Crippen molar-refractivity contribution in [1.29, 1.82) is 0 Å². The van der Waals surface area contributed by atoms with Gasteiger partial charge in [-0.05, 0) is 25.9 Å². The van der Waals surface area contributed by atoms with E-state index < -0.39 is 0 Å². The van der Waals surface area contributed by atoms with Crippen molar-refractivity contribution in [3.63, 3.8) is 0 Å². The summed E-state index contributed by atoms with van der Waals surface area (Å²) in [5, 5.41) is 7.35. The molecule has 2 aliphatic rings. The molecule has 1 atom stereocenters. The van der Waals surface area contributed by atoms with E-state index >= 15 is 0 Å². The minimum atomic E-state index is -0.252. The zero-order valence-corrected chi connectivity index (χ0v) is 11.0. The molecule has 0 saturated carbocycles. The molecule has 0 aromatic carbocycles. The van der Waals surface area contributed by atoms with Crippen molar-refractivity contribution in [3.05, 3.63) is 17.7 Å². The highest BCUT2D eigenvalue weighted by Gasteiger charge is 2.47. The van der Waals surface area contributed by atoms with Crippen LogP contribution < -0.4 is 11.1 Å². The molecule has 1 aromatic heterocycles. The minimum absolute atomic E-state index is 0. The highest BCUT2D eigenvalue weighted by Crippen LogP contribution is 2.46. The predicted molar refractivity (Wildman–Crippen MR) is 68.1 cm³/mol. The monoisotopic (exact) mass is 282 g/mol. The second kappa shape index (κ2) is 5.10. The molecule has 0 bridgehead atoms. The number of piperidine rings is 1. The summed E-state index contributed by atoms with van der Waals surface area (Å²) in [7, 11) is 0. The van der Waals surface area contributed by atoms with Crippen LogP contribution in [0, 0.1) is 11.2 Å². The second-order valence-electron chi connectivity index (χ2n) is 4.63. The van der Waals surface area contributed by atoms with Crippen LogP contribution in [-0.4, -0.2) is 22.9 Å². The zero-order chi connectivity index (χ0) is 10.5. The van der Waals surface area contributed by atoms with E-state index in [2.05, 4.69) is 10.4 Å². The highest BCUT2D eigenvalue weighted by molar-refractivity contribution is 5.85. The van der Waals surface area contributed by atoms with Crippen LogP contribution in [-0.2, 0) is 6.54 Å². The Balaban J connectivity index is 0.000000722. The lowest BCUT2D eigenvalue weighted by Crippen LogP contribution is -2.42. The molecule has 3 rings (SSSR count). The smallest absolute Gasteiger partial charge is 0.165 e. The van der Waals surface area contributed by atoms with Gasteiger partial charge in [-0.1, -0.05) is 0 Å². The molecule has 1 aromatic rings. The van der Waals surface area contributed by atoms with E-state index in [0.29, 0.717) is 5.69 Å². The maximum atomic E-state index is 13.5. The molecule has 4 nitrogen and oxygen atoms in total. The number of nitrogens with two attached hydrogens (primary N) is 1. The fourth-order valence-electron chi connectivity index (χ4n) is 2.89. The van der Waals surface area contributed by atoms with Gasteiger partial charge >= 0.3 is 0 Å². The molecule has 3 heterocycles. The standard InChI is InChI=1S/C10H15FN4.2ClH/c11-7-5-14-15-6-10(9(12)8(7)15)1-3-13-4-2-10;;/h5,9,13H,1-4,6,12H2;2*1H/t9-;;/m1../s1. The number of nitrogens with zero attached hydrogens (tertiary/aromatic N) is 2. The number of aromatic nitrogens is 2. The topological polar surface area (TPSA) is 55.9 Å². The number of hydrogen-bond donors (Lipinski definition) is 2. The first-order valence-electron chi connectivity index (χ1n) is 5.40. The molecular formula is C10H17Cl2FN4. The Morgan fingerprint density at radius 1 is 1.41 bits per heavy atom. The second-order valence-corrected chi connectivity index (χ2v) is 4.63. The highest BCUT2D eigenvalue weighted by atomic mass is 35.5. The third-order valence-electron chi connectivity index (χ3n) is 3.85. The number of hydrogen-bond acceptors (Lipinski definition) is 3. The Morgan fingerprint density at radius 2 is 2.06 bits per heavy atom. The molecular weight excluding hydrogens is 266 g/mol. The normalized spacial score (nSPS) is 24.9. The van der Waals surface area contributed by atoms with Crippen LogP contribution >= 0.6 is 24.8 Å². The third-order valence-corrected chi connectivity index (χ3v) is 3.85. The number of fused-ring (bicyclic) bond motifs is 1. The molecule has 0 unspecified atom stereocenters. The van der Waals surface area contributed by atoms with Gasteiger partial charge in [-0.15, -0.1) is 24.8 Å². The van der Waals surface area contributed by atoms with E-state index in [9.17, 15) is 4.39 Å². The van der Waals surface area contributed by atoms with E-state index in [1.165, 1.54) is 6.20 Å². The van der Waals surface area contributed by atoms with Crippen molar-refractivity contribution < 1.29 is 4.39 Å². The Morgan fingerprint density at radius 3 is 2.65 bits per heavy atom. The molecule has 3 N–H and O–H groups in total. The van der Waals surface area contributed by atoms with Gasteiger partial charge in [0.15, 0.2) is 5.82 Å². The van der Waals surface area contributed by atoms with E-state index in [0.717, 1.165) is 32.5 Å². The van der Waals surface area contributed by atoms with Crippen molar-refractivity contribution in [2.24, 2.45) is 11.1 Å². The number of halogens is 3. The van der Waals surface area contributed by atoms with Gasteiger partial charge in [0.1, 0.15) is 0 Å². The zero-order valence-electron chi connectivity index (χ0n) is 9.36. The Bertz CT molecular complexity index is 390. The van der Waals surface area contributed by atoms with Gasteiger partial charge in [0.2, 0.25) is 0 Å². The lowest BCUT2D eigenvalue weighted by molar-refractivity contribution is 0.157. The van der Waals surface area contributed by atoms with Crippen molar-refractivity contribution in [2.45, 2.75) is 25.4 Å². The Hall–Kier alpha value is -0.360. The summed E-state index contributed by atoms with van der Waals surface area (Å²) < 4.78 is 15.2. The summed E-state index contributed by atoms with van der Waals surface area (Å²) in [4.78, 5) is 0. The van der Waals surface area contributed by atoms with Crippen molar-refractivity contribution in [2.75, 3.05) is 13.1 Å². The van der Waals surface area contributed by atoms with Gasteiger partial charge in [0, 0.05) is 12.0 Å². The molecule has 1 fully saturated rings. The fourth-order valence-corrected chi connectivity index (χ4v) is 2.89. The predicted octanol–water partition coefficient (Wildman–Crippen LogP) is 1.25. The van der Waals surface area contributed by atoms with E-state index in [1.54, 1.807) is 4.68 Å². The van der Waals surface area contributed by atoms with Gasteiger partial charge in [-0.2, -0.15) is 5.10 Å². The van der Waals surface area contributed by atoms with Gasteiger partial charge in [-0.3, -0.25) is 4.68 Å². The maximum Gasteiger partial charge on any atom is 0.165 e.